The molecule has 1 unspecified atom stereocenters. The molecule has 0 aliphatic carbocycles. The van der Waals surface area contributed by atoms with Gasteiger partial charge in [0.25, 0.3) is 0 Å². The Bertz CT molecular complexity index is 393. The molecule has 4 heteroatoms. The van der Waals surface area contributed by atoms with Gasteiger partial charge in [0, 0.05) is 6.54 Å². The zero-order valence-corrected chi connectivity index (χ0v) is 11.9. The minimum Gasteiger partial charge on any atom is -0.497 e. The van der Waals surface area contributed by atoms with E-state index in [0.29, 0.717) is 13.2 Å². The molecule has 1 aromatic carbocycles. The van der Waals surface area contributed by atoms with Crippen LogP contribution in [0.2, 0.25) is 0 Å². The quantitative estimate of drug-likeness (QED) is 0.734. The van der Waals surface area contributed by atoms with Gasteiger partial charge >= 0.3 is 5.97 Å². The number of nitrogens with one attached hydrogen (secondary N) is 1. The average molecular weight is 265 g/mol. The Balaban J connectivity index is 2.57. The van der Waals surface area contributed by atoms with Crippen LogP contribution in [0.3, 0.4) is 0 Å². The van der Waals surface area contributed by atoms with Gasteiger partial charge in [-0.3, -0.25) is 4.79 Å². The number of carbonyl (C=O) groups is 1. The van der Waals surface area contributed by atoms with E-state index in [1.807, 2.05) is 31.2 Å². The van der Waals surface area contributed by atoms with Gasteiger partial charge < -0.3 is 14.8 Å². The van der Waals surface area contributed by atoms with E-state index in [-0.39, 0.29) is 12.0 Å². The van der Waals surface area contributed by atoms with Crippen LogP contribution < -0.4 is 10.1 Å². The van der Waals surface area contributed by atoms with Crippen LogP contribution in [0, 0.1) is 0 Å². The van der Waals surface area contributed by atoms with Gasteiger partial charge in [-0.1, -0.05) is 25.5 Å². The molecule has 0 radical (unpaired) electrons. The summed E-state index contributed by atoms with van der Waals surface area (Å²) in [5.41, 5.74) is 1.09. The third kappa shape index (κ3) is 5.30. The summed E-state index contributed by atoms with van der Waals surface area (Å²) in [5.74, 6) is 0.648. The second kappa shape index (κ2) is 8.53. The molecule has 0 spiro atoms. The van der Waals surface area contributed by atoms with Gasteiger partial charge in [-0.2, -0.15) is 0 Å². The van der Waals surface area contributed by atoms with Crippen molar-refractivity contribution in [3.8, 4) is 5.75 Å². The Morgan fingerprint density at radius 1 is 1.37 bits per heavy atom. The highest BCUT2D eigenvalue weighted by atomic mass is 16.5. The largest absolute Gasteiger partial charge is 0.497 e. The van der Waals surface area contributed by atoms with Gasteiger partial charge in [0.05, 0.1) is 13.7 Å². The number of rotatable bonds is 8. The summed E-state index contributed by atoms with van der Waals surface area (Å²) in [6, 6.07) is 7.56. The molecule has 106 valence electrons. The van der Waals surface area contributed by atoms with E-state index in [1.165, 1.54) is 0 Å². The first-order valence-electron chi connectivity index (χ1n) is 6.74. The van der Waals surface area contributed by atoms with Crippen LogP contribution in [0.1, 0.15) is 32.3 Å². The molecule has 0 aliphatic heterocycles. The van der Waals surface area contributed by atoms with Crippen LogP contribution in [0.25, 0.3) is 0 Å². The van der Waals surface area contributed by atoms with Crippen molar-refractivity contribution < 1.29 is 14.3 Å². The minimum absolute atomic E-state index is 0.174. The molecular formula is C15H23NO3. The molecule has 0 fully saturated rings. The highest BCUT2D eigenvalue weighted by molar-refractivity contribution is 5.75. The van der Waals surface area contributed by atoms with Crippen LogP contribution in [-0.2, 0) is 16.1 Å². The van der Waals surface area contributed by atoms with E-state index in [9.17, 15) is 4.79 Å². The fraction of sp³-hybridized carbons (Fsp3) is 0.533. The van der Waals surface area contributed by atoms with Gasteiger partial charge in [-0.25, -0.2) is 0 Å². The molecule has 0 heterocycles. The predicted octanol–water partition coefficient (Wildman–Crippen LogP) is 2.52. The molecule has 4 nitrogen and oxygen atoms in total. The first-order chi connectivity index (χ1) is 9.21. The molecule has 0 saturated heterocycles. The highest BCUT2D eigenvalue weighted by Gasteiger charge is 2.17. The van der Waals surface area contributed by atoms with Gasteiger partial charge in [0.1, 0.15) is 11.8 Å². The zero-order valence-electron chi connectivity index (χ0n) is 11.9. The number of ether oxygens (including phenoxy) is 2. The topological polar surface area (TPSA) is 47.6 Å². The summed E-state index contributed by atoms with van der Waals surface area (Å²) in [5, 5.41) is 3.24. The molecule has 1 N–H and O–H groups in total. The lowest BCUT2D eigenvalue weighted by Gasteiger charge is -2.16. The van der Waals surface area contributed by atoms with Crippen LogP contribution in [0.5, 0.6) is 5.75 Å². The van der Waals surface area contributed by atoms with Crippen molar-refractivity contribution in [3.63, 3.8) is 0 Å². The van der Waals surface area contributed by atoms with Crippen molar-refractivity contribution in [2.24, 2.45) is 0 Å². The monoisotopic (exact) mass is 265 g/mol. The molecule has 0 aromatic heterocycles. The van der Waals surface area contributed by atoms with Crippen LogP contribution in [-0.4, -0.2) is 25.7 Å². The lowest BCUT2D eigenvalue weighted by molar-refractivity contribution is -0.145. The fourth-order valence-corrected chi connectivity index (χ4v) is 1.86. The van der Waals surface area contributed by atoms with Crippen molar-refractivity contribution >= 4 is 5.97 Å². The normalized spacial score (nSPS) is 11.9. The van der Waals surface area contributed by atoms with Gasteiger partial charge in [0.15, 0.2) is 0 Å². The summed E-state index contributed by atoms with van der Waals surface area (Å²) in [6.07, 6.45) is 1.72. The molecule has 1 atom stereocenters. The predicted molar refractivity (Wildman–Crippen MR) is 75.2 cm³/mol. The molecule has 0 aliphatic rings. The van der Waals surface area contributed by atoms with Gasteiger partial charge in [0.2, 0.25) is 0 Å². The maximum atomic E-state index is 11.8. The Morgan fingerprint density at radius 2 is 2.16 bits per heavy atom. The van der Waals surface area contributed by atoms with Crippen LogP contribution >= 0.6 is 0 Å². The number of benzene rings is 1. The van der Waals surface area contributed by atoms with E-state index < -0.39 is 0 Å². The Labute approximate surface area is 115 Å². The number of hydrogen-bond acceptors (Lipinski definition) is 4. The smallest absolute Gasteiger partial charge is 0.323 e. The molecule has 0 saturated carbocycles. The first kappa shape index (κ1) is 15.5. The van der Waals surface area contributed by atoms with Crippen molar-refractivity contribution in [3.05, 3.63) is 29.8 Å². The second-order valence-electron chi connectivity index (χ2n) is 4.33. The van der Waals surface area contributed by atoms with E-state index in [0.717, 1.165) is 24.2 Å². The number of esters is 1. The van der Waals surface area contributed by atoms with Crippen molar-refractivity contribution in [2.75, 3.05) is 13.7 Å². The molecule has 0 bridgehead atoms. The van der Waals surface area contributed by atoms with Gasteiger partial charge in [-0.15, -0.1) is 0 Å². The summed E-state index contributed by atoms with van der Waals surface area (Å²) < 4.78 is 10.2. The summed E-state index contributed by atoms with van der Waals surface area (Å²) in [6.45, 7) is 4.92. The van der Waals surface area contributed by atoms with Crippen molar-refractivity contribution in [1.29, 1.82) is 0 Å². The third-order valence-corrected chi connectivity index (χ3v) is 2.84. The molecule has 1 rings (SSSR count). The Hall–Kier alpha value is -1.55. The molecule has 1 aromatic rings. The van der Waals surface area contributed by atoms with E-state index in [2.05, 4.69) is 12.2 Å². The minimum atomic E-state index is -0.240. The Morgan fingerprint density at radius 3 is 2.79 bits per heavy atom. The van der Waals surface area contributed by atoms with Gasteiger partial charge in [-0.05, 0) is 31.0 Å². The SMILES string of the molecule is CCCC(NCc1cccc(OC)c1)C(=O)OCC. The molecule has 19 heavy (non-hydrogen) atoms. The highest BCUT2D eigenvalue weighted by Crippen LogP contribution is 2.12. The third-order valence-electron chi connectivity index (χ3n) is 2.84. The lowest BCUT2D eigenvalue weighted by atomic mass is 10.1. The van der Waals surface area contributed by atoms with E-state index in [4.69, 9.17) is 9.47 Å². The average Bonchev–Trinajstić information content (AvgIpc) is 2.44. The maximum absolute atomic E-state index is 11.8. The lowest BCUT2D eigenvalue weighted by Crippen LogP contribution is -2.37. The van der Waals surface area contributed by atoms with Crippen LogP contribution in [0.4, 0.5) is 0 Å². The van der Waals surface area contributed by atoms with E-state index >= 15 is 0 Å². The zero-order chi connectivity index (χ0) is 14.1. The fourth-order valence-electron chi connectivity index (χ4n) is 1.86. The maximum Gasteiger partial charge on any atom is 0.323 e. The Kier molecular flexibility index (Phi) is 6.97. The first-order valence-corrected chi connectivity index (χ1v) is 6.74. The number of carbonyl (C=O) groups excluding carboxylic acids is 1. The van der Waals surface area contributed by atoms with Crippen molar-refractivity contribution in [1.82, 2.24) is 5.32 Å². The number of hydrogen-bond donors (Lipinski definition) is 1. The summed E-state index contributed by atoms with van der Waals surface area (Å²) in [7, 11) is 1.64. The standard InChI is InChI=1S/C15H23NO3/c1-4-7-14(15(17)19-5-2)16-11-12-8-6-9-13(10-12)18-3/h6,8-10,14,16H,4-5,7,11H2,1-3H3. The summed E-state index contributed by atoms with van der Waals surface area (Å²) >= 11 is 0. The summed E-state index contributed by atoms with van der Waals surface area (Å²) in [4.78, 5) is 11.8. The van der Waals surface area contributed by atoms with E-state index in [1.54, 1.807) is 7.11 Å². The second-order valence-corrected chi connectivity index (χ2v) is 4.33. The molecular weight excluding hydrogens is 242 g/mol. The number of methoxy groups -OCH3 is 1. The van der Waals surface area contributed by atoms with Crippen molar-refractivity contribution in [2.45, 2.75) is 39.3 Å². The van der Waals surface area contributed by atoms with Crippen LogP contribution in [0.15, 0.2) is 24.3 Å². The molecule has 0 amide bonds.